The lowest BCUT2D eigenvalue weighted by Gasteiger charge is -2.35. The van der Waals surface area contributed by atoms with E-state index in [-0.39, 0.29) is 11.3 Å². The predicted molar refractivity (Wildman–Crippen MR) is 79.9 cm³/mol. The molecule has 0 aromatic carbocycles. The normalized spacial score (nSPS) is 20.1. The second-order valence-corrected chi connectivity index (χ2v) is 6.50. The Hall–Kier alpha value is -0.940. The highest BCUT2D eigenvalue weighted by Crippen LogP contribution is 2.32. The Morgan fingerprint density at radius 2 is 2.32 bits per heavy atom. The molecule has 1 amide bonds. The molecule has 1 aliphatic heterocycles. The third-order valence-electron chi connectivity index (χ3n) is 3.87. The minimum absolute atomic E-state index is 0.0380. The third-order valence-corrected chi connectivity index (χ3v) is 4.34. The van der Waals surface area contributed by atoms with Crippen LogP contribution in [0.1, 0.15) is 26.7 Å². The van der Waals surface area contributed by atoms with Crippen molar-refractivity contribution in [1.29, 1.82) is 0 Å². The van der Waals surface area contributed by atoms with Gasteiger partial charge in [0.25, 0.3) is 0 Å². The van der Waals surface area contributed by atoms with Crippen LogP contribution >= 0.6 is 15.9 Å². The lowest BCUT2D eigenvalue weighted by Crippen LogP contribution is -2.44. The van der Waals surface area contributed by atoms with Gasteiger partial charge in [0.2, 0.25) is 5.91 Å². The van der Waals surface area contributed by atoms with Crippen LogP contribution in [0, 0.1) is 11.3 Å². The molecule has 1 atom stereocenters. The van der Waals surface area contributed by atoms with Crippen molar-refractivity contribution in [1.82, 2.24) is 10.3 Å². The zero-order valence-corrected chi connectivity index (χ0v) is 13.0. The Kier molecular flexibility index (Phi) is 4.58. The van der Waals surface area contributed by atoms with Crippen molar-refractivity contribution in [2.45, 2.75) is 26.7 Å². The van der Waals surface area contributed by atoms with Crippen LogP contribution in [0.2, 0.25) is 0 Å². The summed E-state index contributed by atoms with van der Waals surface area (Å²) in [5, 5.41) is 6.27. The van der Waals surface area contributed by atoms with Gasteiger partial charge in [-0.1, -0.05) is 13.8 Å². The lowest BCUT2D eigenvalue weighted by molar-refractivity contribution is -0.127. The van der Waals surface area contributed by atoms with Crippen molar-refractivity contribution in [2.75, 3.05) is 18.4 Å². The zero-order valence-electron chi connectivity index (χ0n) is 11.4. The third kappa shape index (κ3) is 3.54. The van der Waals surface area contributed by atoms with Crippen molar-refractivity contribution in [3.8, 4) is 0 Å². The molecule has 1 aromatic heterocycles. The van der Waals surface area contributed by atoms with Gasteiger partial charge in [0, 0.05) is 16.1 Å². The number of rotatable bonds is 3. The Labute approximate surface area is 122 Å². The molecule has 5 heteroatoms. The summed E-state index contributed by atoms with van der Waals surface area (Å²) in [5.41, 5.74) is -0.387. The van der Waals surface area contributed by atoms with Crippen LogP contribution in [0.15, 0.2) is 22.8 Å². The molecule has 0 radical (unpaired) electrons. The molecule has 0 aliphatic carbocycles. The number of piperidine rings is 1. The van der Waals surface area contributed by atoms with Crippen molar-refractivity contribution in [2.24, 2.45) is 11.3 Å². The average molecular weight is 326 g/mol. The van der Waals surface area contributed by atoms with Crippen LogP contribution in [0.25, 0.3) is 0 Å². The van der Waals surface area contributed by atoms with Crippen LogP contribution in [-0.4, -0.2) is 24.0 Å². The second kappa shape index (κ2) is 6.01. The van der Waals surface area contributed by atoms with Crippen LogP contribution in [-0.2, 0) is 4.79 Å². The minimum Gasteiger partial charge on any atom is -0.316 e. The van der Waals surface area contributed by atoms with E-state index in [1.807, 2.05) is 19.9 Å². The zero-order chi connectivity index (χ0) is 13.9. The van der Waals surface area contributed by atoms with E-state index in [4.69, 9.17) is 0 Å². The fourth-order valence-electron chi connectivity index (χ4n) is 2.38. The Morgan fingerprint density at radius 1 is 1.53 bits per heavy atom. The van der Waals surface area contributed by atoms with Crippen molar-refractivity contribution >= 4 is 27.7 Å². The summed E-state index contributed by atoms with van der Waals surface area (Å²) in [6.07, 6.45) is 3.92. The molecule has 1 unspecified atom stereocenters. The van der Waals surface area contributed by atoms with Gasteiger partial charge < -0.3 is 10.6 Å². The topological polar surface area (TPSA) is 54.0 Å². The molecule has 2 rings (SSSR count). The molecule has 1 fully saturated rings. The maximum absolute atomic E-state index is 12.4. The van der Waals surface area contributed by atoms with Gasteiger partial charge >= 0.3 is 0 Å². The number of pyridine rings is 1. The van der Waals surface area contributed by atoms with E-state index < -0.39 is 0 Å². The van der Waals surface area contributed by atoms with E-state index in [0.717, 1.165) is 30.4 Å². The molecule has 0 saturated carbocycles. The quantitative estimate of drug-likeness (QED) is 0.898. The van der Waals surface area contributed by atoms with Gasteiger partial charge in [-0.05, 0) is 59.9 Å². The fourth-order valence-corrected chi connectivity index (χ4v) is 2.61. The standard InChI is InChI=1S/C14H20BrN3O/c1-14(2,10-4-3-7-16-8-10)13(19)18-12-6-5-11(15)9-17-12/h5-6,9-10,16H,3-4,7-8H2,1-2H3,(H,17,18,19). The van der Waals surface area contributed by atoms with Gasteiger partial charge in [0.05, 0.1) is 0 Å². The molecular formula is C14H20BrN3O. The van der Waals surface area contributed by atoms with Gasteiger partial charge in [-0.15, -0.1) is 0 Å². The number of nitrogens with zero attached hydrogens (tertiary/aromatic N) is 1. The summed E-state index contributed by atoms with van der Waals surface area (Å²) in [6, 6.07) is 3.68. The number of nitrogens with one attached hydrogen (secondary N) is 2. The van der Waals surface area contributed by atoms with E-state index in [9.17, 15) is 4.79 Å². The van der Waals surface area contributed by atoms with E-state index >= 15 is 0 Å². The van der Waals surface area contributed by atoms with E-state index in [1.165, 1.54) is 0 Å². The highest BCUT2D eigenvalue weighted by atomic mass is 79.9. The van der Waals surface area contributed by atoms with Crippen LogP contribution in [0.3, 0.4) is 0 Å². The molecule has 19 heavy (non-hydrogen) atoms. The number of amides is 1. The Bertz CT molecular complexity index is 439. The molecule has 4 nitrogen and oxygen atoms in total. The number of hydrogen-bond acceptors (Lipinski definition) is 3. The van der Waals surface area contributed by atoms with Crippen molar-refractivity contribution in [3.63, 3.8) is 0 Å². The summed E-state index contributed by atoms with van der Waals surface area (Å²) in [5.74, 6) is 1.01. The molecule has 1 aromatic rings. The minimum atomic E-state index is -0.387. The lowest BCUT2D eigenvalue weighted by atomic mass is 9.74. The molecule has 0 spiro atoms. The maximum atomic E-state index is 12.4. The van der Waals surface area contributed by atoms with Crippen molar-refractivity contribution in [3.05, 3.63) is 22.8 Å². The SMILES string of the molecule is CC(C)(C(=O)Nc1ccc(Br)cn1)C1CCCNC1. The second-order valence-electron chi connectivity index (χ2n) is 5.58. The molecule has 0 bridgehead atoms. The van der Waals surface area contributed by atoms with Crippen LogP contribution in [0.4, 0.5) is 5.82 Å². The van der Waals surface area contributed by atoms with Gasteiger partial charge in [0.15, 0.2) is 0 Å². The number of hydrogen-bond donors (Lipinski definition) is 2. The largest absolute Gasteiger partial charge is 0.316 e. The molecule has 1 aliphatic rings. The number of anilines is 1. The summed E-state index contributed by atoms with van der Waals surface area (Å²) >= 11 is 3.33. The summed E-state index contributed by atoms with van der Waals surface area (Å²) in [7, 11) is 0. The predicted octanol–water partition coefficient (Wildman–Crippen LogP) is 2.81. The van der Waals surface area contributed by atoms with E-state index in [0.29, 0.717) is 11.7 Å². The summed E-state index contributed by atoms with van der Waals surface area (Å²) < 4.78 is 0.904. The maximum Gasteiger partial charge on any atom is 0.231 e. The van der Waals surface area contributed by atoms with E-state index in [1.54, 1.807) is 12.3 Å². The molecule has 2 heterocycles. The summed E-state index contributed by atoms with van der Waals surface area (Å²) in [4.78, 5) is 16.6. The first-order valence-electron chi connectivity index (χ1n) is 6.64. The number of halogens is 1. The molecular weight excluding hydrogens is 306 g/mol. The number of aromatic nitrogens is 1. The van der Waals surface area contributed by atoms with E-state index in [2.05, 4.69) is 31.5 Å². The number of carbonyl (C=O) groups is 1. The number of carbonyl (C=O) groups excluding carboxylic acids is 1. The highest BCUT2D eigenvalue weighted by Gasteiger charge is 2.37. The van der Waals surface area contributed by atoms with Gasteiger partial charge in [-0.3, -0.25) is 4.79 Å². The van der Waals surface area contributed by atoms with Gasteiger partial charge in [0.1, 0.15) is 5.82 Å². The Morgan fingerprint density at radius 3 is 2.89 bits per heavy atom. The first-order valence-corrected chi connectivity index (χ1v) is 7.43. The first-order chi connectivity index (χ1) is 9.00. The molecule has 104 valence electrons. The van der Waals surface area contributed by atoms with Gasteiger partial charge in [-0.25, -0.2) is 4.98 Å². The van der Waals surface area contributed by atoms with Gasteiger partial charge in [-0.2, -0.15) is 0 Å². The average Bonchev–Trinajstić information content (AvgIpc) is 2.42. The smallest absolute Gasteiger partial charge is 0.231 e. The summed E-state index contributed by atoms with van der Waals surface area (Å²) in [6.45, 7) is 5.99. The fraction of sp³-hybridized carbons (Fsp3) is 0.571. The van der Waals surface area contributed by atoms with Crippen LogP contribution < -0.4 is 10.6 Å². The first kappa shape index (κ1) is 14.5. The monoisotopic (exact) mass is 325 g/mol. The molecule has 2 N–H and O–H groups in total. The molecule has 1 saturated heterocycles. The highest BCUT2D eigenvalue weighted by molar-refractivity contribution is 9.10. The van der Waals surface area contributed by atoms with Crippen LogP contribution in [0.5, 0.6) is 0 Å². The Balaban J connectivity index is 2.03. The van der Waals surface area contributed by atoms with Crippen molar-refractivity contribution < 1.29 is 4.79 Å².